The summed E-state index contributed by atoms with van der Waals surface area (Å²) in [6, 6.07) is 0.180. The predicted molar refractivity (Wildman–Crippen MR) is 79.7 cm³/mol. The molecule has 21 heavy (non-hydrogen) atoms. The van der Waals surface area contributed by atoms with Crippen LogP contribution in [-0.2, 0) is 16.1 Å². The molecule has 0 aliphatic carbocycles. The largest absolute Gasteiger partial charge is 0.381 e. The molecule has 2 fully saturated rings. The third kappa shape index (κ3) is 2.59. The van der Waals surface area contributed by atoms with Crippen LogP contribution in [0, 0.1) is 11.3 Å². The lowest BCUT2D eigenvalue weighted by molar-refractivity contribution is -0.167. The average Bonchev–Trinajstić information content (AvgIpc) is 2.84. The van der Waals surface area contributed by atoms with E-state index in [0.717, 1.165) is 39.1 Å². The Bertz CT molecular complexity index is 517. The lowest BCUT2D eigenvalue weighted by Gasteiger charge is -2.58. The number of likely N-dealkylation sites (tertiary alicyclic amines) is 1. The van der Waals surface area contributed by atoms with E-state index in [-0.39, 0.29) is 17.4 Å². The molecule has 0 radical (unpaired) electrons. The molecule has 5 heteroatoms. The van der Waals surface area contributed by atoms with Gasteiger partial charge in [-0.3, -0.25) is 9.48 Å². The van der Waals surface area contributed by atoms with Gasteiger partial charge in [0.2, 0.25) is 5.91 Å². The van der Waals surface area contributed by atoms with Crippen LogP contribution in [0.25, 0.3) is 0 Å². The molecule has 3 heterocycles. The van der Waals surface area contributed by atoms with Crippen LogP contribution in [0.5, 0.6) is 0 Å². The second kappa shape index (κ2) is 5.44. The van der Waals surface area contributed by atoms with Gasteiger partial charge in [0.1, 0.15) is 0 Å². The molecule has 1 atom stereocenters. The van der Waals surface area contributed by atoms with Crippen molar-refractivity contribution >= 4 is 5.91 Å². The molecular weight excluding hydrogens is 266 g/mol. The van der Waals surface area contributed by atoms with Crippen LogP contribution < -0.4 is 0 Å². The molecule has 1 amide bonds. The minimum atomic E-state index is 0.161. The van der Waals surface area contributed by atoms with Crippen LogP contribution in [0.3, 0.4) is 0 Å². The Balaban J connectivity index is 1.84. The van der Waals surface area contributed by atoms with Crippen LogP contribution in [-0.4, -0.2) is 40.3 Å². The van der Waals surface area contributed by atoms with Gasteiger partial charge >= 0.3 is 0 Å². The molecule has 3 rings (SSSR count). The number of carbonyl (C=O) groups excluding carboxylic acids is 1. The van der Waals surface area contributed by atoms with Gasteiger partial charge in [-0.15, -0.1) is 0 Å². The number of amides is 1. The fourth-order valence-electron chi connectivity index (χ4n) is 3.77. The molecule has 116 valence electrons. The number of aromatic nitrogens is 2. The van der Waals surface area contributed by atoms with E-state index < -0.39 is 0 Å². The molecule has 2 saturated heterocycles. The van der Waals surface area contributed by atoms with Crippen LogP contribution >= 0.6 is 0 Å². The van der Waals surface area contributed by atoms with Crippen molar-refractivity contribution in [3.63, 3.8) is 0 Å². The van der Waals surface area contributed by atoms with Crippen molar-refractivity contribution in [2.75, 3.05) is 19.8 Å². The third-order valence-electron chi connectivity index (χ3n) is 4.79. The van der Waals surface area contributed by atoms with Crippen molar-refractivity contribution in [3.8, 4) is 0 Å². The fraction of sp³-hybridized carbons (Fsp3) is 0.750. The van der Waals surface area contributed by atoms with E-state index in [1.54, 1.807) is 6.92 Å². The number of nitrogens with zero attached hydrogens (tertiary/aromatic N) is 3. The molecule has 2 aliphatic rings. The van der Waals surface area contributed by atoms with E-state index in [4.69, 9.17) is 4.74 Å². The lowest BCUT2D eigenvalue weighted by Crippen LogP contribution is -2.61. The molecule has 0 bridgehead atoms. The number of hydrogen-bond acceptors (Lipinski definition) is 3. The maximum atomic E-state index is 11.9. The molecule has 0 aromatic carbocycles. The first kappa shape index (κ1) is 14.6. The summed E-state index contributed by atoms with van der Waals surface area (Å²) in [6.07, 6.45) is 6.14. The van der Waals surface area contributed by atoms with Gasteiger partial charge in [0.25, 0.3) is 0 Å². The Kier molecular flexibility index (Phi) is 3.78. The zero-order valence-corrected chi connectivity index (χ0v) is 13.2. The molecule has 0 saturated carbocycles. The Labute approximate surface area is 126 Å². The second-order valence-electron chi connectivity index (χ2n) is 6.91. The highest BCUT2D eigenvalue weighted by atomic mass is 16.5. The first-order chi connectivity index (χ1) is 10.0. The molecule has 2 aliphatic heterocycles. The van der Waals surface area contributed by atoms with Gasteiger partial charge in [-0.25, -0.2) is 0 Å². The van der Waals surface area contributed by atoms with E-state index >= 15 is 0 Å². The van der Waals surface area contributed by atoms with Crippen LogP contribution in [0.15, 0.2) is 12.4 Å². The third-order valence-corrected chi connectivity index (χ3v) is 4.79. The van der Waals surface area contributed by atoms with E-state index in [1.165, 1.54) is 5.56 Å². The Hall–Kier alpha value is -1.36. The Morgan fingerprint density at radius 3 is 2.81 bits per heavy atom. The quantitative estimate of drug-likeness (QED) is 0.858. The summed E-state index contributed by atoms with van der Waals surface area (Å²) < 4.78 is 7.52. The van der Waals surface area contributed by atoms with Crippen molar-refractivity contribution in [2.45, 2.75) is 46.2 Å². The molecule has 5 nitrogen and oxygen atoms in total. The molecule has 1 aromatic heterocycles. The highest BCUT2D eigenvalue weighted by Gasteiger charge is 2.54. The zero-order valence-electron chi connectivity index (χ0n) is 13.2. The van der Waals surface area contributed by atoms with E-state index in [0.29, 0.717) is 5.92 Å². The monoisotopic (exact) mass is 291 g/mol. The lowest BCUT2D eigenvalue weighted by atomic mass is 9.64. The van der Waals surface area contributed by atoms with Gasteiger partial charge in [0.05, 0.1) is 12.2 Å². The van der Waals surface area contributed by atoms with Crippen LogP contribution in [0.1, 0.15) is 45.2 Å². The maximum Gasteiger partial charge on any atom is 0.220 e. The summed E-state index contributed by atoms with van der Waals surface area (Å²) in [6.45, 7) is 9.44. The first-order valence-corrected chi connectivity index (χ1v) is 7.89. The number of ether oxygens (including phenoxy) is 1. The average molecular weight is 291 g/mol. The highest BCUT2D eigenvalue weighted by Crippen LogP contribution is 2.54. The van der Waals surface area contributed by atoms with Crippen molar-refractivity contribution in [1.82, 2.24) is 14.7 Å². The summed E-state index contributed by atoms with van der Waals surface area (Å²) in [4.78, 5) is 13.9. The summed E-state index contributed by atoms with van der Waals surface area (Å²) >= 11 is 0. The number of hydrogen-bond donors (Lipinski definition) is 0. The number of carbonyl (C=O) groups is 1. The SMILES string of the molecule is CC(=O)N1CC2(CCOCC2)C1c1cnn(CC(C)C)c1. The maximum absolute atomic E-state index is 11.9. The molecular formula is C16H25N3O2. The Morgan fingerprint density at radius 1 is 1.48 bits per heavy atom. The minimum Gasteiger partial charge on any atom is -0.381 e. The molecule has 1 spiro atoms. The van der Waals surface area contributed by atoms with E-state index in [9.17, 15) is 4.79 Å². The predicted octanol–water partition coefficient (Wildman–Crippen LogP) is 2.24. The fourth-order valence-corrected chi connectivity index (χ4v) is 3.77. The zero-order chi connectivity index (χ0) is 15.0. The number of rotatable bonds is 3. The van der Waals surface area contributed by atoms with Crippen molar-refractivity contribution in [1.29, 1.82) is 0 Å². The van der Waals surface area contributed by atoms with Crippen molar-refractivity contribution in [3.05, 3.63) is 18.0 Å². The van der Waals surface area contributed by atoms with Gasteiger partial charge in [-0.05, 0) is 18.8 Å². The molecule has 1 unspecified atom stereocenters. The summed E-state index contributed by atoms with van der Waals surface area (Å²) in [7, 11) is 0. The van der Waals surface area contributed by atoms with Crippen LogP contribution in [0.2, 0.25) is 0 Å². The summed E-state index contributed by atoms with van der Waals surface area (Å²) in [5, 5.41) is 4.48. The van der Waals surface area contributed by atoms with Gasteiger partial charge in [0, 0.05) is 50.4 Å². The smallest absolute Gasteiger partial charge is 0.220 e. The standard InChI is InChI=1S/C16H25N3O2/c1-12(2)9-18-10-14(8-17-18)15-16(4-6-21-7-5-16)11-19(15)13(3)20/h8,10,12,15H,4-7,9,11H2,1-3H3. The summed E-state index contributed by atoms with van der Waals surface area (Å²) in [5.74, 6) is 0.730. The molecule has 0 N–H and O–H groups in total. The van der Waals surface area contributed by atoms with Gasteiger partial charge in [0.15, 0.2) is 0 Å². The van der Waals surface area contributed by atoms with E-state index in [1.807, 2.05) is 15.8 Å². The summed E-state index contributed by atoms with van der Waals surface area (Å²) in [5.41, 5.74) is 1.38. The van der Waals surface area contributed by atoms with Crippen molar-refractivity contribution < 1.29 is 9.53 Å². The molecule has 1 aromatic rings. The van der Waals surface area contributed by atoms with Gasteiger partial charge < -0.3 is 9.64 Å². The Morgan fingerprint density at radius 2 is 2.19 bits per heavy atom. The van der Waals surface area contributed by atoms with E-state index in [2.05, 4.69) is 25.1 Å². The topological polar surface area (TPSA) is 47.4 Å². The van der Waals surface area contributed by atoms with Crippen LogP contribution in [0.4, 0.5) is 0 Å². The normalized spacial score (nSPS) is 24.4. The minimum absolute atomic E-state index is 0.161. The highest BCUT2D eigenvalue weighted by molar-refractivity contribution is 5.75. The van der Waals surface area contributed by atoms with Gasteiger partial charge in [-0.1, -0.05) is 13.8 Å². The first-order valence-electron chi connectivity index (χ1n) is 7.89. The second-order valence-corrected chi connectivity index (χ2v) is 6.91. The van der Waals surface area contributed by atoms with Gasteiger partial charge in [-0.2, -0.15) is 5.10 Å². The van der Waals surface area contributed by atoms with Crippen molar-refractivity contribution in [2.24, 2.45) is 11.3 Å².